The highest BCUT2D eigenvalue weighted by Crippen LogP contribution is 2.31. The first-order valence-electron chi connectivity index (χ1n) is 5.37. The molecule has 0 bridgehead atoms. The zero-order chi connectivity index (χ0) is 13.8. The van der Waals surface area contributed by atoms with Gasteiger partial charge in [0.25, 0.3) is 5.69 Å². The molecule has 0 aliphatic carbocycles. The van der Waals surface area contributed by atoms with Gasteiger partial charge in [-0.05, 0) is 23.8 Å². The Morgan fingerprint density at radius 3 is 2.26 bits per heavy atom. The van der Waals surface area contributed by atoms with Crippen LogP contribution in [0.4, 0.5) is 5.69 Å². The van der Waals surface area contributed by atoms with Crippen LogP contribution in [0.5, 0.6) is 11.5 Å². The van der Waals surface area contributed by atoms with Crippen molar-refractivity contribution in [1.82, 2.24) is 0 Å². The van der Waals surface area contributed by atoms with Gasteiger partial charge in [0.05, 0.1) is 4.92 Å². The second-order valence-corrected chi connectivity index (χ2v) is 4.42. The summed E-state index contributed by atoms with van der Waals surface area (Å²) in [5.41, 5.74) is 0.835. The van der Waals surface area contributed by atoms with Gasteiger partial charge < -0.3 is 4.74 Å². The number of nitro benzene ring substituents is 1. The summed E-state index contributed by atoms with van der Waals surface area (Å²) >= 11 is 11.5. The first-order valence-corrected chi connectivity index (χ1v) is 6.28. The van der Waals surface area contributed by atoms with Crippen molar-refractivity contribution >= 4 is 28.9 Å². The van der Waals surface area contributed by atoms with Crippen LogP contribution in [0.25, 0.3) is 0 Å². The van der Waals surface area contributed by atoms with E-state index >= 15 is 0 Å². The number of alkyl halides is 1. The van der Waals surface area contributed by atoms with E-state index in [4.69, 9.17) is 27.9 Å². The molecule has 0 aromatic heterocycles. The summed E-state index contributed by atoms with van der Waals surface area (Å²) in [5.74, 6) is 1.48. The molecule has 0 saturated heterocycles. The molecule has 2 rings (SSSR count). The van der Waals surface area contributed by atoms with E-state index in [1.165, 1.54) is 18.2 Å². The first kappa shape index (κ1) is 13.6. The molecule has 19 heavy (non-hydrogen) atoms. The molecule has 0 fully saturated rings. The van der Waals surface area contributed by atoms with Crippen molar-refractivity contribution in [2.45, 2.75) is 5.88 Å². The fraction of sp³-hybridized carbons (Fsp3) is 0.0769. The molecule has 4 nitrogen and oxygen atoms in total. The Morgan fingerprint density at radius 1 is 1.11 bits per heavy atom. The molecule has 0 aliphatic heterocycles. The lowest BCUT2D eigenvalue weighted by Crippen LogP contribution is -1.90. The van der Waals surface area contributed by atoms with Gasteiger partial charge in [-0.15, -0.1) is 11.6 Å². The van der Waals surface area contributed by atoms with Crippen molar-refractivity contribution in [3.05, 3.63) is 63.2 Å². The average molecular weight is 298 g/mol. The number of ether oxygens (including phenoxy) is 1. The van der Waals surface area contributed by atoms with Crippen LogP contribution < -0.4 is 4.74 Å². The number of halogens is 2. The predicted octanol–water partition coefficient (Wildman–Crippen LogP) is 4.78. The molecule has 0 spiro atoms. The van der Waals surface area contributed by atoms with Crippen molar-refractivity contribution in [2.75, 3.05) is 0 Å². The van der Waals surface area contributed by atoms with Gasteiger partial charge in [-0.25, -0.2) is 0 Å². The van der Waals surface area contributed by atoms with Gasteiger partial charge in [0.2, 0.25) is 0 Å². The lowest BCUT2D eigenvalue weighted by Gasteiger charge is -2.06. The summed E-state index contributed by atoms with van der Waals surface area (Å²) < 4.78 is 5.54. The highest BCUT2D eigenvalue weighted by atomic mass is 35.5. The normalized spacial score (nSPS) is 10.2. The maximum Gasteiger partial charge on any atom is 0.288 e. The molecule has 6 heteroatoms. The smallest absolute Gasteiger partial charge is 0.288 e. The van der Waals surface area contributed by atoms with E-state index in [-0.39, 0.29) is 10.7 Å². The molecule has 0 amide bonds. The van der Waals surface area contributed by atoms with E-state index in [0.29, 0.717) is 17.4 Å². The zero-order valence-corrected chi connectivity index (χ0v) is 11.2. The highest BCUT2D eigenvalue weighted by Gasteiger charge is 2.12. The average Bonchev–Trinajstić information content (AvgIpc) is 2.39. The molecule has 0 radical (unpaired) electrons. The van der Waals surface area contributed by atoms with Gasteiger partial charge in [0.1, 0.15) is 16.5 Å². The van der Waals surface area contributed by atoms with Crippen LogP contribution >= 0.6 is 23.2 Å². The maximum absolute atomic E-state index is 10.6. The third kappa shape index (κ3) is 3.36. The van der Waals surface area contributed by atoms with Gasteiger partial charge in [0, 0.05) is 18.0 Å². The topological polar surface area (TPSA) is 52.4 Å². The summed E-state index contributed by atoms with van der Waals surface area (Å²) in [7, 11) is 0. The largest absolute Gasteiger partial charge is 0.457 e. The van der Waals surface area contributed by atoms with Gasteiger partial charge >= 0.3 is 0 Å². The van der Waals surface area contributed by atoms with Crippen molar-refractivity contribution < 1.29 is 9.66 Å². The van der Waals surface area contributed by atoms with Gasteiger partial charge in [0.15, 0.2) is 0 Å². The van der Waals surface area contributed by atoms with Crippen LogP contribution in [0.1, 0.15) is 5.56 Å². The first-order chi connectivity index (χ1) is 9.10. The van der Waals surface area contributed by atoms with Gasteiger partial charge in [-0.2, -0.15) is 0 Å². The standard InChI is InChI=1S/C13H9Cl2NO3/c14-8-9-1-3-10(4-2-9)19-11-5-6-13(16(17)18)12(15)7-11/h1-7H,8H2. The van der Waals surface area contributed by atoms with Gasteiger partial charge in [-0.3, -0.25) is 10.1 Å². The molecular weight excluding hydrogens is 289 g/mol. The Balaban J connectivity index is 2.18. The van der Waals surface area contributed by atoms with E-state index < -0.39 is 4.92 Å². The van der Waals surface area contributed by atoms with Crippen LogP contribution in [0.2, 0.25) is 5.02 Å². The summed E-state index contributed by atoms with van der Waals surface area (Å²) in [5, 5.41) is 10.7. The lowest BCUT2D eigenvalue weighted by atomic mass is 10.2. The van der Waals surface area contributed by atoms with Crippen molar-refractivity contribution in [2.24, 2.45) is 0 Å². The van der Waals surface area contributed by atoms with Crippen molar-refractivity contribution in [3.8, 4) is 11.5 Å². The third-order valence-electron chi connectivity index (χ3n) is 2.43. The molecule has 2 aromatic rings. The van der Waals surface area contributed by atoms with E-state index in [9.17, 15) is 10.1 Å². The van der Waals surface area contributed by atoms with Crippen LogP contribution in [0.3, 0.4) is 0 Å². The molecular formula is C13H9Cl2NO3. The SMILES string of the molecule is O=[N+]([O-])c1ccc(Oc2ccc(CCl)cc2)cc1Cl. The molecule has 0 saturated carbocycles. The van der Waals surface area contributed by atoms with Crippen LogP contribution in [0, 0.1) is 10.1 Å². The molecule has 0 atom stereocenters. The van der Waals surface area contributed by atoms with Crippen LogP contribution in [-0.4, -0.2) is 4.92 Å². The fourth-order valence-electron chi connectivity index (χ4n) is 1.48. The lowest BCUT2D eigenvalue weighted by molar-refractivity contribution is -0.384. The summed E-state index contributed by atoms with van der Waals surface area (Å²) in [6.45, 7) is 0. The molecule has 0 aliphatic rings. The molecule has 0 heterocycles. The third-order valence-corrected chi connectivity index (χ3v) is 3.04. The Kier molecular flexibility index (Phi) is 4.24. The predicted molar refractivity (Wildman–Crippen MR) is 74.2 cm³/mol. The second-order valence-electron chi connectivity index (χ2n) is 3.75. The number of rotatable bonds is 4. The van der Waals surface area contributed by atoms with E-state index in [1.54, 1.807) is 12.1 Å². The number of hydrogen-bond donors (Lipinski definition) is 0. The fourth-order valence-corrected chi connectivity index (χ4v) is 1.90. The Labute approximate surface area is 119 Å². The Bertz CT molecular complexity index is 599. The van der Waals surface area contributed by atoms with Crippen molar-refractivity contribution in [1.29, 1.82) is 0 Å². The molecule has 0 unspecified atom stereocenters. The minimum Gasteiger partial charge on any atom is -0.457 e. The number of hydrogen-bond acceptors (Lipinski definition) is 3. The molecule has 0 N–H and O–H groups in total. The van der Waals surface area contributed by atoms with Gasteiger partial charge in [-0.1, -0.05) is 23.7 Å². The number of nitro groups is 1. The summed E-state index contributed by atoms with van der Waals surface area (Å²) in [6, 6.07) is 11.4. The molecule has 98 valence electrons. The second kappa shape index (κ2) is 5.91. The quantitative estimate of drug-likeness (QED) is 0.463. The number of nitrogens with zero attached hydrogens (tertiary/aromatic N) is 1. The number of benzene rings is 2. The van der Waals surface area contributed by atoms with E-state index in [0.717, 1.165) is 5.56 Å². The monoisotopic (exact) mass is 297 g/mol. The Morgan fingerprint density at radius 2 is 1.74 bits per heavy atom. The maximum atomic E-state index is 10.6. The molecule has 2 aromatic carbocycles. The summed E-state index contributed by atoms with van der Waals surface area (Å²) in [4.78, 5) is 10.1. The highest BCUT2D eigenvalue weighted by molar-refractivity contribution is 6.32. The van der Waals surface area contributed by atoms with Crippen molar-refractivity contribution in [3.63, 3.8) is 0 Å². The zero-order valence-electron chi connectivity index (χ0n) is 9.68. The van der Waals surface area contributed by atoms with Crippen LogP contribution in [0.15, 0.2) is 42.5 Å². The van der Waals surface area contributed by atoms with E-state index in [1.807, 2.05) is 12.1 Å². The minimum absolute atomic E-state index is 0.0416. The van der Waals surface area contributed by atoms with E-state index in [2.05, 4.69) is 0 Å². The van der Waals surface area contributed by atoms with Crippen LogP contribution in [-0.2, 0) is 5.88 Å². The Hall–Kier alpha value is -1.78. The minimum atomic E-state index is -0.540. The summed E-state index contributed by atoms with van der Waals surface area (Å²) in [6.07, 6.45) is 0.